The van der Waals surface area contributed by atoms with Crippen LogP contribution in [0, 0.1) is 0 Å². The molecule has 0 spiro atoms. The summed E-state index contributed by atoms with van der Waals surface area (Å²) in [6.45, 7) is 0.557. The van der Waals surface area contributed by atoms with Gasteiger partial charge in [-0.3, -0.25) is 4.79 Å². The van der Waals surface area contributed by atoms with Gasteiger partial charge in [-0.05, 0) is 40.6 Å². The Hall–Kier alpha value is -0.880. The third kappa shape index (κ3) is 6.08. The summed E-state index contributed by atoms with van der Waals surface area (Å²) in [6, 6.07) is 7.01. The Balaban J connectivity index is 1.59. The minimum atomic E-state index is -0.165. The van der Waals surface area contributed by atoms with Gasteiger partial charge in [0, 0.05) is 23.1 Å². The highest BCUT2D eigenvalue weighted by Gasteiger charge is 2.06. The van der Waals surface area contributed by atoms with Crippen molar-refractivity contribution >= 4 is 52.2 Å². The quantitative estimate of drug-likeness (QED) is 0.691. The maximum absolute atomic E-state index is 11.7. The van der Waals surface area contributed by atoms with Gasteiger partial charge >= 0.3 is 0 Å². The molecule has 0 unspecified atom stereocenters. The first-order chi connectivity index (χ1) is 10.6. The summed E-state index contributed by atoms with van der Waals surface area (Å²) in [7, 11) is 0. The third-order valence-corrected chi connectivity index (χ3v) is 4.96. The molecule has 118 valence electrons. The normalized spacial score (nSPS) is 10.5. The monoisotopic (exact) mass is 375 g/mol. The number of thioether (sulfide) groups is 1. The van der Waals surface area contributed by atoms with Crippen molar-refractivity contribution < 1.29 is 9.53 Å². The van der Waals surface area contributed by atoms with Gasteiger partial charge in [0.15, 0.2) is 6.61 Å². The number of nitrogens with one attached hydrogen (secondary N) is 1. The number of carbonyl (C=O) groups excluding carboxylic acids is 1. The molecule has 0 saturated heterocycles. The lowest BCUT2D eigenvalue weighted by Crippen LogP contribution is -2.30. The van der Waals surface area contributed by atoms with E-state index in [9.17, 15) is 4.79 Å². The van der Waals surface area contributed by atoms with Gasteiger partial charge in [0.2, 0.25) is 0 Å². The van der Waals surface area contributed by atoms with Crippen molar-refractivity contribution in [3.63, 3.8) is 0 Å². The lowest BCUT2D eigenvalue weighted by atomic mass is 10.3. The predicted octanol–water partition coefficient (Wildman–Crippen LogP) is 4.48. The fourth-order valence-electron chi connectivity index (χ4n) is 1.61. The van der Waals surface area contributed by atoms with Gasteiger partial charge in [-0.1, -0.05) is 23.2 Å². The highest BCUT2D eigenvalue weighted by molar-refractivity contribution is 7.98. The highest BCUT2D eigenvalue weighted by Crippen LogP contribution is 2.27. The van der Waals surface area contributed by atoms with E-state index in [1.807, 2.05) is 0 Å². The van der Waals surface area contributed by atoms with Crippen LogP contribution in [0.25, 0.3) is 0 Å². The summed E-state index contributed by atoms with van der Waals surface area (Å²) in [4.78, 5) is 11.7. The summed E-state index contributed by atoms with van der Waals surface area (Å²) >= 11 is 15.2. The lowest BCUT2D eigenvalue weighted by molar-refractivity contribution is -0.122. The average molecular weight is 376 g/mol. The second-order valence-electron chi connectivity index (χ2n) is 4.40. The number of amides is 1. The fourth-order valence-corrected chi connectivity index (χ4v) is 3.66. The summed E-state index contributed by atoms with van der Waals surface area (Å²) in [5.74, 6) is 2.12. The van der Waals surface area contributed by atoms with E-state index in [4.69, 9.17) is 27.9 Å². The molecule has 0 saturated carbocycles. The Morgan fingerprint density at radius 1 is 1.32 bits per heavy atom. The SMILES string of the molecule is O=C(COc1ccc(Cl)cc1Cl)NCCSCc1ccsc1. The van der Waals surface area contributed by atoms with Crippen LogP contribution in [0.1, 0.15) is 5.56 Å². The van der Waals surface area contributed by atoms with Crippen molar-refractivity contribution in [1.82, 2.24) is 5.32 Å². The van der Waals surface area contributed by atoms with E-state index in [2.05, 4.69) is 22.1 Å². The van der Waals surface area contributed by atoms with Crippen LogP contribution < -0.4 is 10.1 Å². The third-order valence-electron chi connectivity index (χ3n) is 2.67. The van der Waals surface area contributed by atoms with Crippen LogP contribution in [0.5, 0.6) is 5.75 Å². The molecule has 1 aromatic carbocycles. The minimum absolute atomic E-state index is 0.0590. The van der Waals surface area contributed by atoms with Crippen molar-refractivity contribution in [2.45, 2.75) is 5.75 Å². The van der Waals surface area contributed by atoms with E-state index in [0.29, 0.717) is 22.3 Å². The van der Waals surface area contributed by atoms with Crippen molar-refractivity contribution in [3.8, 4) is 5.75 Å². The molecule has 2 aromatic rings. The lowest BCUT2D eigenvalue weighted by Gasteiger charge is -2.08. The molecule has 0 radical (unpaired) electrons. The van der Waals surface area contributed by atoms with Gasteiger partial charge in [-0.2, -0.15) is 23.1 Å². The van der Waals surface area contributed by atoms with E-state index < -0.39 is 0 Å². The molecule has 3 nitrogen and oxygen atoms in total. The highest BCUT2D eigenvalue weighted by atomic mass is 35.5. The largest absolute Gasteiger partial charge is 0.482 e. The molecule has 7 heteroatoms. The first kappa shape index (κ1) is 17.5. The molecule has 0 fully saturated rings. The smallest absolute Gasteiger partial charge is 0.257 e. The molecule has 0 aliphatic carbocycles. The van der Waals surface area contributed by atoms with Crippen molar-refractivity contribution in [3.05, 3.63) is 50.6 Å². The van der Waals surface area contributed by atoms with Crippen molar-refractivity contribution in [2.24, 2.45) is 0 Å². The van der Waals surface area contributed by atoms with Gasteiger partial charge in [0.25, 0.3) is 5.91 Å². The first-order valence-electron chi connectivity index (χ1n) is 6.58. The number of hydrogen-bond acceptors (Lipinski definition) is 4. The molecule has 1 amide bonds. The number of benzene rings is 1. The van der Waals surface area contributed by atoms with Crippen LogP contribution in [-0.2, 0) is 10.5 Å². The van der Waals surface area contributed by atoms with Crippen molar-refractivity contribution in [2.75, 3.05) is 18.9 Å². The Bertz CT molecular complexity index is 606. The number of ether oxygens (including phenoxy) is 1. The van der Waals surface area contributed by atoms with E-state index >= 15 is 0 Å². The van der Waals surface area contributed by atoms with Crippen molar-refractivity contribution in [1.29, 1.82) is 0 Å². The Kier molecular flexibility index (Phi) is 7.39. The van der Waals surface area contributed by atoms with E-state index in [1.54, 1.807) is 41.3 Å². The number of hydrogen-bond donors (Lipinski definition) is 1. The number of carbonyl (C=O) groups is 1. The van der Waals surface area contributed by atoms with E-state index in [1.165, 1.54) is 5.56 Å². The summed E-state index contributed by atoms with van der Waals surface area (Å²) in [6.07, 6.45) is 0. The van der Waals surface area contributed by atoms with Crippen LogP contribution >= 0.6 is 46.3 Å². The van der Waals surface area contributed by atoms with Gasteiger partial charge in [-0.15, -0.1) is 0 Å². The number of thiophene rings is 1. The standard InChI is InChI=1S/C15H15Cl2NO2S2/c16-12-1-2-14(13(17)7-12)20-8-15(19)18-4-6-22-10-11-3-5-21-9-11/h1-3,5,7,9H,4,6,8,10H2,(H,18,19). The molecule has 22 heavy (non-hydrogen) atoms. The maximum Gasteiger partial charge on any atom is 0.257 e. The molecule has 0 aliphatic heterocycles. The van der Waals surface area contributed by atoms with Crippen LogP contribution in [0.2, 0.25) is 10.0 Å². The minimum Gasteiger partial charge on any atom is -0.482 e. The maximum atomic E-state index is 11.7. The second kappa shape index (κ2) is 9.30. The molecule has 0 bridgehead atoms. The zero-order chi connectivity index (χ0) is 15.8. The Morgan fingerprint density at radius 3 is 2.91 bits per heavy atom. The topological polar surface area (TPSA) is 38.3 Å². The van der Waals surface area contributed by atoms with Gasteiger partial charge in [-0.25, -0.2) is 0 Å². The number of halogens is 2. The van der Waals surface area contributed by atoms with E-state index in [-0.39, 0.29) is 12.5 Å². The second-order valence-corrected chi connectivity index (χ2v) is 7.13. The fraction of sp³-hybridized carbons (Fsp3) is 0.267. The molecule has 0 atom stereocenters. The average Bonchev–Trinajstić information content (AvgIpc) is 2.99. The van der Waals surface area contributed by atoms with Crippen LogP contribution in [0.4, 0.5) is 0 Å². The Labute approximate surface area is 148 Å². The van der Waals surface area contributed by atoms with Gasteiger partial charge in [0.05, 0.1) is 5.02 Å². The molecule has 1 aromatic heterocycles. The van der Waals surface area contributed by atoms with Crippen LogP contribution in [0.15, 0.2) is 35.0 Å². The Morgan fingerprint density at radius 2 is 2.18 bits per heavy atom. The van der Waals surface area contributed by atoms with Crippen LogP contribution in [-0.4, -0.2) is 24.8 Å². The molecule has 2 rings (SSSR count). The van der Waals surface area contributed by atoms with E-state index in [0.717, 1.165) is 11.5 Å². The molecule has 1 N–H and O–H groups in total. The summed E-state index contributed by atoms with van der Waals surface area (Å²) in [5, 5.41) is 7.94. The van der Waals surface area contributed by atoms with Gasteiger partial charge in [0.1, 0.15) is 5.75 Å². The first-order valence-corrected chi connectivity index (χ1v) is 9.44. The zero-order valence-corrected chi connectivity index (χ0v) is 14.8. The van der Waals surface area contributed by atoms with Crippen LogP contribution in [0.3, 0.4) is 0 Å². The predicted molar refractivity (Wildman–Crippen MR) is 95.4 cm³/mol. The molecular weight excluding hydrogens is 361 g/mol. The zero-order valence-electron chi connectivity index (χ0n) is 11.7. The summed E-state index contributed by atoms with van der Waals surface area (Å²) < 4.78 is 5.36. The van der Waals surface area contributed by atoms with Gasteiger partial charge < -0.3 is 10.1 Å². The molecule has 1 heterocycles. The molecule has 0 aliphatic rings. The summed E-state index contributed by atoms with van der Waals surface area (Å²) in [5.41, 5.74) is 1.32. The molecular formula is C15H15Cl2NO2S2. The number of rotatable bonds is 8.